The summed E-state index contributed by atoms with van der Waals surface area (Å²) in [4.78, 5) is 152. The van der Waals surface area contributed by atoms with Crippen molar-refractivity contribution in [1.82, 2.24) is 64.7 Å². The number of aliphatic hydroxyl groups excluding tert-OH is 1. The molecule has 5 aromatic heterocycles. The van der Waals surface area contributed by atoms with Gasteiger partial charge in [-0.2, -0.15) is 10.1 Å². The summed E-state index contributed by atoms with van der Waals surface area (Å²) in [6.07, 6.45) is 17.0. The minimum absolute atomic E-state index is 0.00645. The lowest BCUT2D eigenvalue weighted by atomic mass is 9.78. The third-order valence-electron chi connectivity index (χ3n) is 28.8. The molecule has 6 aliphatic heterocycles. The number of esters is 1. The first-order valence-corrected chi connectivity index (χ1v) is 49.9. The standard InChI is InChI=1S/C103H139N17O23/c1-61-17-13-12-14-18-62(2)82(132-8)51-75-25-20-67(7)103(131,143-75)92(124)96(126)118-32-16-15-19-78(118)98(129)140-84(52-83(133-9)63(3)46-66(6)90(123)91(135-11)89(122)65(5)45-61)64(4)47-68-22-26-81(85(49-68)134-10)142-102(130)117-34-29-76-74(58-117)55-109-101(113-76)116-35-36-119(79(59-116)97(127)128)100-107-53-73(54-108-100)95(125)106-31-38-137-40-42-139-44-43-138-41-39-136-37-30-86(121)115-33-28-70-48-69(21-23-72(70)57-115)56-120-94-87(93(104)110-60-111-94)88(114-120)71-24-27-80-77(50-71)112-99(105)141-80/h12-14,17-18,21,23-24,27,46,48,50,53-55,60-61,63-65,67-68,75,78-79,81-85,90-91,123,131H,15-16,19-20,22,25-26,28-45,47,49,51-52,56-59H2,1-11H3,(H2,105,112)(H,106,125)(H,127,128)(H2,104,110,111)/b14-12+,17-13+,62-18+,66-46+/t61-,63-,64-,65-,67-,68+,75+,78+,79-,81-,82+,83?,84+,85-,90-,91+,103-/m1/s1. The van der Waals surface area contributed by atoms with Gasteiger partial charge in [-0.25, -0.2) is 49.0 Å². The number of carbonyl (C=O) groups excluding carboxylic acids is 7. The van der Waals surface area contributed by atoms with Crippen LogP contribution in [-0.2, 0) is 113 Å². The monoisotopic (exact) mass is 1980 g/mol. The van der Waals surface area contributed by atoms with Crippen LogP contribution in [0.5, 0.6) is 0 Å². The lowest BCUT2D eigenvalue weighted by molar-refractivity contribution is -0.265. The van der Waals surface area contributed by atoms with Crippen molar-refractivity contribution in [2.24, 2.45) is 35.5 Å². The molecule has 4 amide bonds. The highest BCUT2D eigenvalue weighted by molar-refractivity contribution is 6.39. The van der Waals surface area contributed by atoms with Gasteiger partial charge in [0.25, 0.3) is 23.6 Å². The van der Waals surface area contributed by atoms with Crippen molar-refractivity contribution < 1.29 is 110 Å². The molecule has 8 N–H and O–H groups in total. The average molecular weight is 1980 g/mol. The smallest absolute Gasteiger partial charge is 0.410 e. The SMILES string of the molecule is COC1C[C@@H]([C@H](C)C[C@@H]2CC[C@@H](OC(=O)N3CCc4nc(N5CCN(c6ncc(C(=O)NCCOCCOCCOCCOCCC(=O)N7CCc8cc(Cn9nc(-c%10ccc%11oc(N)nc%11c%10)c%10c(N)ncnc%109)ccc8C7)cn6)[C@@H](C(=O)O)C5)ncc4C3)[C@H](OC)C2)OC(=O)[C@@H]2CCCCN2C(=O)C(=O)[C@]2(O)O[C@@H](CC[C@H]2C)C[C@H](OC)/C(C)=C/C=C/C=C/[C@@H](C)C[C@@H](C)C(=O)[C@H](OC)[C@H](O)/C(C)=C/[C@H]1C. The molecule has 14 rings (SSSR count). The van der Waals surface area contributed by atoms with Gasteiger partial charge in [0.2, 0.25) is 23.6 Å². The Balaban J connectivity index is 0.493. The number of benzene rings is 2. The van der Waals surface area contributed by atoms with Gasteiger partial charge in [0, 0.05) is 141 Å². The number of carboxylic acids is 1. The second-order valence-electron chi connectivity index (χ2n) is 38.8. The fourth-order valence-electron chi connectivity index (χ4n) is 20.4. The van der Waals surface area contributed by atoms with Crippen molar-refractivity contribution >= 4 is 93.2 Å². The number of cyclic esters (lactones) is 1. The minimum atomic E-state index is -2.48. The summed E-state index contributed by atoms with van der Waals surface area (Å²) in [5.74, 6) is -8.40. The summed E-state index contributed by atoms with van der Waals surface area (Å²) in [5.41, 5.74) is 21.6. The van der Waals surface area contributed by atoms with Crippen LogP contribution in [0.15, 0.2) is 113 Å². The van der Waals surface area contributed by atoms with Gasteiger partial charge in [0.05, 0.1) is 120 Å². The topological polar surface area (TPSA) is 500 Å². The fraction of sp³-hybridized carbons (Fsp3) is 0.592. The van der Waals surface area contributed by atoms with Crippen molar-refractivity contribution in [3.8, 4) is 11.3 Å². The zero-order valence-corrected chi connectivity index (χ0v) is 83.7. The summed E-state index contributed by atoms with van der Waals surface area (Å²) < 4.78 is 73.2. The van der Waals surface area contributed by atoms with E-state index in [2.05, 4.69) is 47.4 Å². The number of Topliss-reactive ketones (excluding diaryl/α,β-unsaturated/α-hetero) is 2. The maximum absolute atomic E-state index is 15.1. The number of nitrogens with zero attached hydrogens (tertiary/aromatic N) is 14. The van der Waals surface area contributed by atoms with E-state index in [1.807, 2.05) is 98.9 Å². The van der Waals surface area contributed by atoms with Crippen LogP contribution in [0.2, 0.25) is 0 Å². The van der Waals surface area contributed by atoms with E-state index in [4.69, 9.17) is 78.1 Å². The van der Waals surface area contributed by atoms with E-state index in [-0.39, 0.29) is 132 Å². The number of oxazole rings is 1. The molecule has 0 spiro atoms. The molecule has 774 valence electrons. The number of carbonyl (C=O) groups is 8. The Kier molecular flexibility index (Phi) is 37.6. The fourth-order valence-corrected chi connectivity index (χ4v) is 20.4. The molecule has 7 aromatic rings. The molecule has 17 atom stereocenters. The lowest BCUT2D eigenvalue weighted by Crippen LogP contribution is -2.61. The van der Waals surface area contributed by atoms with Gasteiger partial charge in [-0.15, -0.1) is 0 Å². The number of anilines is 4. The number of ether oxygens (including phenoxy) is 11. The summed E-state index contributed by atoms with van der Waals surface area (Å²) >= 11 is 0. The van der Waals surface area contributed by atoms with Crippen molar-refractivity contribution in [1.29, 1.82) is 0 Å². The number of hydrogen-bond acceptors (Lipinski definition) is 34. The maximum Gasteiger partial charge on any atom is 0.410 e. The molecule has 7 aliphatic rings. The molecule has 1 aliphatic carbocycles. The number of ketones is 2. The Hall–Kier alpha value is -11.7. The summed E-state index contributed by atoms with van der Waals surface area (Å²) in [7, 11) is 6.12. The van der Waals surface area contributed by atoms with Gasteiger partial charge >= 0.3 is 18.0 Å². The van der Waals surface area contributed by atoms with Gasteiger partial charge in [0.15, 0.2) is 17.0 Å². The number of piperazine rings is 1. The molecule has 2 aromatic carbocycles. The van der Waals surface area contributed by atoms with Gasteiger partial charge in [-0.1, -0.05) is 89.3 Å². The van der Waals surface area contributed by atoms with Gasteiger partial charge in [0.1, 0.15) is 59.9 Å². The lowest BCUT2D eigenvalue weighted by Gasteiger charge is -2.43. The first-order valence-electron chi connectivity index (χ1n) is 49.9. The quantitative estimate of drug-likeness (QED) is 0.0106. The minimum Gasteiger partial charge on any atom is -0.480 e. The van der Waals surface area contributed by atoms with E-state index in [0.717, 1.165) is 22.3 Å². The molecule has 11 heterocycles. The Morgan fingerprint density at radius 3 is 2.16 bits per heavy atom. The molecule has 40 heteroatoms. The van der Waals surface area contributed by atoms with E-state index in [1.165, 1.54) is 36.3 Å². The van der Waals surface area contributed by atoms with E-state index >= 15 is 4.79 Å². The van der Waals surface area contributed by atoms with Crippen LogP contribution in [0, 0.1) is 35.5 Å². The molecular formula is C103H139N17O23. The molecule has 40 nitrogen and oxygen atoms in total. The van der Waals surface area contributed by atoms with Crippen molar-refractivity contribution in [2.75, 3.05) is 148 Å². The number of aromatic nitrogens is 9. The predicted molar refractivity (Wildman–Crippen MR) is 526 cm³/mol. The second-order valence-corrected chi connectivity index (χ2v) is 38.8. The van der Waals surface area contributed by atoms with Crippen LogP contribution in [0.25, 0.3) is 33.4 Å². The molecule has 1 saturated carbocycles. The third kappa shape index (κ3) is 26.9. The number of nitrogen functional groups attached to an aromatic ring is 2. The normalized spacial score (nSPS) is 27.4. The van der Waals surface area contributed by atoms with Gasteiger partial charge in [-0.3, -0.25) is 24.0 Å². The Morgan fingerprint density at radius 1 is 0.685 bits per heavy atom. The molecule has 143 heavy (non-hydrogen) atoms. The number of amides is 4. The summed E-state index contributed by atoms with van der Waals surface area (Å²) in [6.45, 7) is 18.2. The highest BCUT2D eigenvalue weighted by Gasteiger charge is 2.54. The van der Waals surface area contributed by atoms with Crippen LogP contribution in [0.3, 0.4) is 0 Å². The number of hydrogen-bond donors (Lipinski definition) is 6. The van der Waals surface area contributed by atoms with E-state index in [0.29, 0.717) is 186 Å². The molecule has 3 saturated heterocycles. The molecule has 4 fully saturated rings. The van der Waals surface area contributed by atoms with Crippen LogP contribution >= 0.6 is 0 Å². The number of nitrogens with two attached hydrogens (primary N) is 2. The van der Waals surface area contributed by atoms with Crippen LogP contribution < -0.4 is 26.6 Å². The Morgan fingerprint density at radius 2 is 1.42 bits per heavy atom. The van der Waals surface area contributed by atoms with Crippen LogP contribution in [0.1, 0.15) is 170 Å². The summed E-state index contributed by atoms with van der Waals surface area (Å²) in [6, 6.07) is 9.58. The highest BCUT2D eigenvalue weighted by Crippen LogP contribution is 2.41. The number of allylic oxidation sites excluding steroid dienone is 5. The number of methoxy groups -OCH3 is 4. The van der Waals surface area contributed by atoms with Crippen LogP contribution in [0.4, 0.5) is 28.5 Å². The molecular weight excluding hydrogens is 1840 g/mol. The van der Waals surface area contributed by atoms with Crippen molar-refractivity contribution in [2.45, 2.75) is 231 Å². The number of carboxylic acid groups (broad SMARTS) is 1. The molecule has 2 bridgehead atoms. The van der Waals surface area contributed by atoms with Gasteiger partial charge < -0.3 is 113 Å². The average Bonchev–Trinajstić information content (AvgIpc) is 1.57. The maximum atomic E-state index is 15.1. The molecule has 1 unspecified atom stereocenters. The van der Waals surface area contributed by atoms with Crippen molar-refractivity contribution in [3.63, 3.8) is 0 Å². The predicted octanol–water partition coefficient (Wildman–Crippen LogP) is 9.12. The van der Waals surface area contributed by atoms with Crippen molar-refractivity contribution in [3.05, 3.63) is 142 Å². The Bertz CT molecular complexity index is 5700. The van der Waals surface area contributed by atoms with E-state index in [1.54, 1.807) is 62.1 Å². The number of aliphatic hydroxyl groups is 2. The first kappa shape index (κ1) is 107. The summed E-state index contributed by atoms with van der Waals surface area (Å²) in [5, 5.41) is 43.0. The molecule has 0 radical (unpaired) electrons. The second kappa shape index (κ2) is 50.2. The number of fused-ring (bicyclic) bond motifs is 7. The van der Waals surface area contributed by atoms with E-state index < -0.39 is 120 Å². The number of piperidine rings is 1. The number of aliphatic carboxylic acids is 1. The number of rotatable bonds is 30. The highest BCUT2D eigenvalue weighted by atomic mass is 16.6. The number of nitrogens with one attached hydrogen (secondary N) is 1. The van der Waals surface area contributed by atoms with E-state index in [9.17, 15) is 48.9 Å². The first-order chi connectivity index (χ1) is 68.9. The van der Waals surface area contributed by atoms with Crippen LogP contribution in [-0.4, -0.2) is 316 Å². The third-order valence-corrected chi connectivity index (χ3v) is 28.8. The zero-order chi connectivity index (χ0) is 102. The van der Waals surface area contributed by atoms with Gasteiger partial charge in [-0.05, 0) is 148 Å². The zero-order valence-electron chi connectivity index (χ0n) is 83.7. The largest absolute Gasteiger partial charge is 0.480 e. The Labute approximate surface area is 832 Å².